The van der Waals surface area contributed by atoms with Gasteiger partial charge in [0.05, 0.1) is 16.3 Å². The Morgan fingerprint density at radius 3 is 1.90 bits per heavy atom. The summed E-state index contributed by atoms with van der Waals surface area (Å²) in [5.74, 6) is 0. The zero-order valence-corrected chi connectivity index (χ0v) is 18.6. The summed E-state index contributed by atoms with van der Waals surface area (Å²) in [4.78, 5) is 12.6. The molecule has 7 nitrogen and oxygen atoms in total. The van der Waals surface area contributed by atoms with Crippen LogP contribution in [0, 0.1) is 10.1 Å². The molecule has 0 saturated heterocycles. The third-order valence-electron chi connectivity index (χ3n) is 4.65. The molecule has 0 amide bonds. The zero-order valence-electron chi connectivity index (χ0n) is 17.0. The first-order valence-electron chi connectivity index (χ1n) is 9.58. The summed E-state index contributed by atoms with van der Waals surface area (Å²) >= 11 is 0. The highest BCUT2D eigenvalue weighted by Crippen LogP contribution is 2.21. The Labute approximate surface area is 186 Å². The Hall–Kier alpha value is -3.13. The van der Waals surface area contributed by atoms with Crippen LogP contribution in [0.4, 0.5) is 22.7 Å². The van der Waals surface area contributed by atoms with Crippen molar-refractivity contribution in [2.24, 2.45) is 10.2 Å². The fraction of sp³-hybridized carbons (Fsp3) is 0.227. The molecule has 3 rings (SSSR count). The minimum Gasteiger partial charge on any atom is -1.00 e. The number of halogens is 1. The molecule has 0 saturated carbocycles. The van der Waals surface area contributed by atoms with Crippen molar-refractivity contribution in [1.82, 2.24) is 0 Å². The SMILES string of the molecule is CCN(CC)c1ccc(N=Nc2cc[n+](Cc3ccc([N+](=O)[O-])cc3)cc2)cc1.[Br-]. The summed E-state index contributed by atoms with van der Waals surface area (Å²) < 4.78 is 1.99. The van der Waals surface area contributed by atoms with E-state index < -0.39 is 4.92 Å². The van der Waals surface area contributed by atoms with E-state index in [0.717, 1.165) is 30.0 Å². The Bertz CT molecular complexity index is 970. The number of pyridine rings is 1. The van der Waals surface area contributed by atoms with E-state index in [4.69, 9.17) is 0 Å². The van der Waals surface area contributed by atoms with E-state index in [9.17, 15) is 10.1 Å². The van der Waals surface area contributed by atoms with Gasteiger partial charge in [-0.1, -0.05) is 0 Å². The van der Waals surface area contributed by atoms with Crippen LogP contribution in [-0.4, -0.2) is 18.0 Å². The Kier molecular flexibility index (Phi) is 8.61. The van der Waals surface area contributed by atoms with Crippen molar-refractivity contribution in [2.45, 2.75) is 20.4 Å². The number of benzene rings is 2. The van der Waals surface area contributed by atoms with Crippen LogP contribution < -0.4 is 26.4 Å². The molecule has 1 aromatic heterocycles. The fourth-order valence-electron chi connectivity index (χ4n) is 2.99. The monoisotopic (exact) mass is 469 g/mol. The summed E-state index contributed by atoms with van der Waals surface area (Å²) in [7, 11) is 0. The van der Waals surface area contributed by atoms with Gasteiger partial charge in [-0.3, -0.25) is 10.1 Å². The summed E-state index contributed by atoms with van der Waals surface area (Å²) in [5.41, 5.74) is 3.84. The molecule has 3 aromatic rings. The molecule has 2 aromatic carbocycles. The first kappa shape index (κ1) is 23.2. The molecule has 156 valence electrons. The lowest BCUT2D eigenvalue weighted by atomic mass is 10.2. The summed E-state index contributed by atoms with van der Waals surface area (Å²) in [6, 6.07) is 18.4. The smallest absolute Gasteiger partial charge is 0.269 e. The van der Waals surface area contributed by atoms with Crippen molar-refractivity contribution in [3.63, 3.8) is 0 Å². The third kappa shape index (κ3) is 6.18. The van der Waals surface area contributed by atoms with E-state index in [2.05, 4.69) is 41.1 Å². The van der Waals surface area contributed by atoms with Gasteiger partial charge in [-0.25, -0.2) is 4.57 Å². The number of non-ortho nitro benzene ring substituents is 1. The number of rotatable bonds is 8. The van der Waals surface area contributed by atoms with Gasteiger partial charge in [0.25, 0.3) is 5.69 Å². The van der Waals surface area contributed by atoms with Gasteiger partial charge in [0.1, 0.15) is 0 Å². The van der Waals surface area contributed by atoms with Gasteiger partial charge in [0.15, 0.2) is 18.9 Å². The van der Waals surface area contributed by atoms with Crippen LogP contribution in [-0.2, 0) is 6.54 Å². The third-order valence-corrected chi connectivity index (χ3v) is 4.65. The van der Waals surface area contributed by atoms with Crippen LogP contribution in [0.2, 0.25) is 0 Å². The molecular weight excluding hydrogens is 446 g/mol. The summed E-state index contributed by atoms with van der Waals surface area (Å²) in [5, 5.41) is 19.3. The van der Waals surface area contributed by atoms with E-state index in [0.29, 0.717) is 6.54 Å². The van der Waals surface area contributed by atoms with Crippen LogP contribution in [0.5, 0.6) is 0 Å². The molecule has 0 spiro atoms. The van der Waals surface area contributed by atoms with Crippen LogP contribution in [0.15, 0.2) is 83.3 Å². The molecule has 0 aliphatic rings. The molecule has 0 N–H and O–H groups in total. The fourth-order valence-corrected chi connectivity index (χ4v) is 2.99. The second-order valence-corrected chi connectivity index (χ2v) is 6.54. The quantitative estimate of drug-likeness (QED) is 0.219. The molecule has 0 unspecified atom stereocenters. The molecular formula is C22H24BrN5O2. The van der Waals surface area contributed by atoms with Gasteiger partial charge < -0.3 is 21.9 Å². The minimum absolute atomic E-state index is 0. The first-order valence-corrected chi connectivity index (χ1v) is 9.58. The second kappa shape index (κ2) is 11.2. The van der Waals surface area contributed by atoms with E-state index in [1.165, 1.54) is 17.8 Å². The van der Waals surface area contributed by atoms with Crippen molar-refractivity contribution >= 4 is 22.7 Å². The maximum absolute atomic E-state index is 10.7. The van der Waals surface area contributed by atoms with Gasteiger partial charge in [-0.05, 0) is 50.2 Å². The highest BCUT2D eigenvalue weighted by Gasteiger charge is 2.07. The van der Waals surface area contributed by atoms with Gasteiger partial charge in [0.2, 0.25) is 0 Å². The maximum Gasteiger partial charge on any atom is 0.269 e. The van der Waals surface area contributed by atoms with Gasteiger partial charge >= 0.3 is 0 Å². The lowest BCUT2D eigenvalue weighted by Gasteiger charge is -2.20. The van der Waals surface area contributed by atoms with Crippen molar-refractivity contribution < 1.29 is 26.5 Å². The molecule has 0 atom stereocenters. The summed E-state index contributed by atoms with van der Waals surface area (Å²) in [6.07, 6.45) is 3.83. The molecule has 0 bridgehead atoms. The Morgan fingerprint density at radius 2 is 1.40 bits per heavy atom. The van der Waals surface area contributed by atoms with Crippen molar-refractivity contribution in [2.75, 3.05) is 18.0 Å². The largest absolute Gasteiger partial charge is 1.00 e. The number of hydrogen-bond acceptors (Lipinski definition) is 5. The second-order valence-electron chi connectivity index (χ2n) is 6.54. The van der Waals surface area contributed by atoms with E-state index in [-0.39, 0.29) is 22.7 Å². The number of hydrogen-bond donors (Lipinski definition) is 0. The molecule has 0 aliphatic carbocycles. The number of nitro groups is 1. The van der Waals surface area contributed by atoms with Crippen LogP contribution in [0.3, 0.4) is 0 Å². The molecule has 0 fully saturated rings. The van der Waals surface area contributed by atoms with Gasteiger partial charge in [-0.2, -0.15) is 10.2 Å². The van der Waals surface area contributed by atoms with Crippen LogP contribution >= 0.6 is 0 Å². The van der Waals surface area contributed by atoms with Crippen LogP contribution in [0.1, 0.15) is 19.4 Å². The molecule has 1 heterocycles. The topological polar surface area (TPSA) is 75.0 Å². The first-order chi connectivity index (χ1) is 14.1. The van der Waals surface area contributed by atoms with Crippen molar-refractivity contribution in [3.8, 4) is 0 Å². The number of nitro benzene ring substituents is 1. The average molecular weight is 470 g/mol. The average Bonchev–Trinajstić information content (AvgIpc) is 2.75. The minimum atomic E-state index is -0.395. The lowest BCUT2D eigenvalue weighted by molar-refractivity contribution is -0.688. The van der Waals surface area contributed by atoms with Crippen molar-refractivity contribution in [1.29, 1.82) is 0 Å². The lowest BCUT2D eigenvalue weighted by Crippen LogP contribution is -3.00. The normalized spacial score (nSPS) is 10.6. The molecule has 30 heavy (non-hydrogen) atoms. The molecule has 0 aliphatic heterocycles. The van der Waals surface area contributed by atoms with Gasteiger partial charge in [0, 0.05) is 48.6 Å². The number of anilines is 1. The zero-order chi connectivity index (χ0) is 20.6. The van der Waals surface area contributed by atoms with E-state index >= 15 is 0 Å². The molecule has 0 radical (unpaired) electrons. The van der Waals surface area contributed by atoms with Crippen molar-refractivity contribution in [3.05, 3.63) is 88.7 Å². The van der Waals surface area contributed by atoms with Gasteiger partial charge in [-0.15, -0.1) is 0 Å². The number of nitrogens with zero attached hydrogens (tertiary/aromatic N) is 5. The van der Waals surface area contributed by atoms with E-state index in [1.807, 2.05) is 41.2 Å². The van der Waals surface area contributed by atoms with Crippen LogP contribution in [0.25, 0.3) is 0 Å². The predicted octanol–water partition coefficient (Wildman–Crippen LogP) is 2.20. The highest BCUT2D eigenvalue weighted by molar-refractivity contribution is 5.52. The highest BCUT2D eigenvalue weighted by atomic mass is 79.9. The Morgan fingerprint density at radius 1 is 0.867 bits per heavy atom. The molecule has 8 heteroatoms. The standard InChI is InChI=1S/C22H24N5O2.BrH/c1-3-26(4-2)21-11-7-19(8-12-21)23-24-20-13-15-25(16-14-20)17-18-5-9-22(10-6-18)27(28)29;/h5-16H,3-4,17H2,1-2H3;1H/q+1;/p-1. The Balaban J connectivity index is 0.00000320. The maximum atomic E-state index is 10.7. The van der Waals surface area contributed by atoms with E-state index in [1.54, 1.807) is 12.1 Å². The summed E-state index contributed by atoms with van der Waals surface area (Å²) in [6.45, 7) is 6.85. The number of aromatic nitrogens is 1. The predicted molar refractivity (Wildman–Crippen MR) is 113 cm³/mol. The number of azo groups is 1.